The third kappa shape index (κ3) is 7.63. The molecule has 56 heavy (non-hydrogen) atoms. The SMILES string of the molecule is C=C/C=C(\C=C)C(c1ccccc1)C(N)c1ccc(Nc2c(C)cc(C)cc2C(=C)/C=C(\C=C/C)c2ccc3c(c2)c2ccccc2n3-c2ccccc2)cc1. The van der Waals surface area contributed by atoms with Gasteiger partial charge in [-0.25, -0.2) is 0 Å². The number of fused-ring (bicyclic) bond motifs is 3. The van der Waals surface area contributed by atoms with E-state index in [-0.39, 0.29) is 12.0 Å². The van der Waals surface area contributed by atoms with Gasteiger partial charge in [-0.15, -0.1) is 0 Å². The molecule has 0 fully saturated rings. The molecular weight excluding hydrogens is 679 g/mol. The van der Waals surface area contributed by atoms with Crippen LogP contribution in [-0.4, -0.2) is 4.57 Å². The fourth-order valence-electron chi connectivity index (χ4n) is 7.89. The Labute approximate surface area is 331 Å². The lowest BCUT2D eigenvalue weighted by Gasteiger charge is -2.26. The molecule has 7 rings (SSSR count). The van der Waals surface area contributed by atoms with E-state index >= 15 is 0 Å². The highest BCUT2D eigenvalue weighted by atomic mass is 15.0. The molecule has 0 bridgehead atoms. The van der Waals surface area contributed by atoms with E-state index in [1.165, 1.54) is 27.4 Å². The number of allylic oxidation sites excluding steroid dienone is 8. The predicted octanol–water partition coefficient (Wildman–Crippen LogP) is 13.9. The molecule has 1 heterocycles. The van der Waals surface area contributed by atoms with Crippen molar-refractivity contribution in [1.29, 1.82) is 0 Å². The van der Waals surface area contributed by atoms with E-state index in [9.17, 15) is 0 Å². The first-order chi connectivity index (χ1) is 27.3. The largest absolute Gasteiger partial charge is 0.355 e. The van der Waals surface area contributed by atoms with Crippen molar-refractivity contribution >= 4 is 44.3 Å². The molecule has 0 aliphatic carbocycles. The fraction of sp³-hybridized carbons (Fsp3) is 0.0943. The number of aryl methyl sites for hydroxylation is 2. The number of hydrogen-bond acceptors (Lipinski definition) is 2. The van der Waals surface area contributed by atoms with Crippen molar-refractivity contribution in [3.8, 4) is 5.69 Å². The Balaban J connectivity index is 1.22. The molecule has 1 aromatic heterocycles. The quantitative estimate of drug-likeness (QED) is 0.116. The summed E-state index contributed by atoms with van der Waals surface area (Å²) in [5.41, 5.74) is 22.3. The highest BCUT2D eigenvalue weighted by Crippen LogP contribution is 2.39. The predicted molar refractivity (Wildman–Crippen MR) is 243 cm³/mol. The van der Waals surface area contributed by atoms with Gasteiger partial charge >= 0.3 is 0 Å². The maximum absolute atomic E-state index is 7.02. The first-order valence-electron chi connectivity index (χ1n) is 19.2. The average molecular weight is 728 g/mol. The first kappa shape index (κ1) is 37.6. The van der Waals surface area contributed by atoms with E-state index in [4.69, 9.17) is 5.73 Å². The van der Waals surface area contributed by atoms with Crippen LogP contribution >= 0.6 is 0 Å². The zero-order valence-electron chi connectivity index (χ0n) is 32.5. The summed E-state index contributed by atoms with van der Waals surface area (Å²) in [6.45, 7) is 19.0. The van der Waals surface area contributed by atoms with E-state index in [1.54, 1.807) is 6.08 Å². The van der Waals surface area contributed by atoms with Crippen LogP contribution in [0.3, 0.4) is 0 Å². The zero-order chi connectivity index (χ0) is 39.2. The second-order valence-corrected chi connectivity index (χ2v) is 14.3. The highest BCUT2D eigenvalue weighted by molar-refractivity contribution is 6.10. The minimum Gasteiger partial charge on any atom is -0.355 e. The molecule has 0 spiro atoms. The van der Waals surface area contributed by atoms with Crippen molar-refractivity contribution in [1.82, 2.24) is 4.57 Å². The Morgan fingerprint density at radius 1 is 0.732 bits per heavy atom. The second-order valence-electron chi connectivity index (χ2n) is 14.3. The third-order valence-corrected chi connectivity index (χ3v) is 10.5. The molecule has 7 aromatic rings. The molecule has 2 unspecified atom stereocenters. The number of rotatable bonds is 13. The second kappa shape index (κ2) is 16.8. The lowest BCUT2D eigenvalue weighted by molar-refractivity contribution is 0.629. The van der Waals surface area contributed by atoms with Crippen LogP contribution in [0.4, 0.5) is 11.4 Å². The van der Waals surface area contributed by atoms with Gasteiger partial charge in [-0.2, -0.15) is 0 Å². The molecule has 0 aliphatic heterocycles. The van der Waals surface area contributed by atoms with Gasteiger partial charge in [-0.1, -0.05) is 147 Å². The minimum absolute atomic E-state index is 0.0684. The van der Waals surface area contributed by atoms with Crippen molar-refractivity contribution in [3.63, 3.8) is 0 Å². The lowest BCUT2D eigenvalue weighted by Crippen LogP contribution is -2.21. The van der Waals surface area contributed by atoms with Crippen LogP contribution in [0.5, 0.6) is 0 Å². The number of nitrogens with zero attached hydrogens (tertiary/aromatic N) is 1. The van der Waals surface area contributed by atoms with Gasteiger partial charge in [0.05, 0.1) is 11.0 Å². The van der Waals surface area contributed by atoms with Crippen LogP contribution in [0.2, 0.25) is 0 Å². The summed E-state index contributed by atoms with van der Waals surface area (Å²) in [4.78, 5) is 0. The summed E-state index contributed by atoms with van der Waals surface area (Å²) in [5.74, 6) is -0.0684. The van der Waals surface area contributed by atoms with Gasteiger partial charge in [0.2, 0.25) is 0 Å². The van der Waals surface area contributed by atoms with Crippen molar-refractivity contribution in [2.75, 3.05) is 5.32 Å². The Bertz CT molecular complexity index is 2630. The molecule has 0 saturated heterocycles. The van der Waals surface area contributed by atoms with Gasteiger partial charge in [-0.05, 0) is 114 Å². The molecule has 0 radical (unpaired) electrons. The van der Waals surface area contributed by atoms with Crippen molar-refractivity contribution < 1.29 is 0 Å². The maximum Gasteiger partial charge on any atom is 0.0541 e. The summed E-state index contributed by atoms with van der Waals surface area (Å²) in [6, 6.07) is 48.9. The number of hydrogen-bond donors (Lipinski definition) is 2. The summed E-state index contributed by atoms with van der Waals surface area (Å²) in [5, 5.41) is 6.19. The van der Waals surface area contributed by atoms with Crippen LogP contribution in [0.1, 0.15) is 52.3 Å². The number of anilines is 2. The Hall–Kier alpha value is -6.68. The summed E-state index contributed by atoms with van der Waals surface area (Å²) in [7, 11) is 0. The monoisotopic (exact) mass is 727 g/mol. The van der Waals surface area contributed by atoms with Gasteiger partial charge < -0.3 is 15.6 Å². The fourth-order valence-corrected chi connectivity index (χ4v) is 7.89. The van der Waals surface area contributed by atoms with Crippen LogP contribution in [0, 0.1) is 13.8 Å². The van der Waals surface area contributed by atoms with Crippen LogP contribution < -0.4 is 11.1 Å². The number of aromatic nitrogens is 1. The zero-order valence-corrected chi connectivity index (χ0v) is 32.5. The van der Waals surface area contributed by atoms with Gasteiger partial charge in [-0.3, -0.25) is 0 Å². The summed E-state index contributed by atoms with van der Waals surface area (Å²) < 4.78 is 2.35. The van der Waals surface area contributed by atoms with Gasteiger partial charge in [0, 0.05) is 45.4 Å². The normalized spacial score (nSPS) is 13.2. The number of para-hydroxylation sites is 2. The van der Waals surface area contributed by atoms with Crippen LogP contribution in [0.25, 0.3) is 38.6 Å². The molecular formula is C53H49N3. The van der Waals surface area contributed by atoms with Gasteiger partial charge in [0.1, 0.15) is 0 Å². The highest BCUT2D eigenvalue weighted by Gasteiger charge is 2.24. The van der Waals surface area contributed by atoms with Crippen LogP contribution in [0.15, 0.2) is 201 Å². The van der Waals surface area contributed by atoms with Gasteiger partial charge in [0.25, 0.3) is 0 Å². The summed E-state index contributed by atoms with van der Waals surface area (Å²) in [6.07, 6.45) is 12.1. The third-order valence-electron chi connectivity index (χ3n) is 10.5. The van der Waals surface area contributed by atoms with Crippen molar-refractivity contribution in [2.24, 2.45) is 5.73 Å². The average Bonchev–Trinajstić information content (AvgIpc) is 3.56. The molecule has 0 aliphatic rings. The topological polar surface area (TPSA) is 43.0 Å². The molecule has 276 valence electrons. The molecule has 0 amide bonds. The number of nitrogens with one attached hydrogen (secondary N) is 1. The Morgan fingerprint density at radius 2 is 1.41 bits per heavy atom. The Kier molecular flexibility index (Phi) is 11.3. The van der Waals surface area contributed by atoms with Crippen molar-refractivity contribution in [3.05, 3.63) is 235 Å². The van der Waals surface area contributed by atoms with E-state index in [0.29, 0.717) is 0 Å². The molecule has 2 atom stereocenters. The van der Waals surface area contributed by atoms with Gasteiger partial charge in [0.15, 0.2) is 0 Å². The Morgan fingerprint density at radius 3 is 2.11 bits per heavy atom. The van der Waals surface area contributed by atoms with Crippen LogP contribution in [-0.2, 0) is 0 Å². The van der Waals surface area contributed by atoms with E-state index in [1.807, 2.05) is 30.4 Å². The van der Waals surface area contributed by atoms with E-state index in [0.717, 1.165) is 61.6 Å². The summed E-state index contributed by atoms with van der Waals surface area (Å²) >= 11 is 0. The molecule has 3 N–H and O–H groups in total. The van der Waals surface area contributed by atoms with E-state index in [2.05, 4.69) is 190 Å². The standard InChI is InChI=1S/C53H49N3/c1-7-18-39(9-3)51(40-20-12-10-13-21-40)52(54)41-26-29-44(30-27-41)55-53-38(6)32-36(4)33-47(53)37(5)34-42(19-8-2)43-28-31-50-48(35-43)46-24-16-17-25-49(46)56(50)45-22-14-11-15-23-45/h7-35,51-52,55H,1,3,5,54H2,2,4,6H3/b19-8-,39-18+,42-34+. The molecule has 0 saturated carbocycles. The molecule has 6 aromatic carbocycles. The van der Waals surface area contributed by atoms with E-state index < -0.39 is 0 Å². The minimum atomic E-state index is -0.281. The number of benzene rings is 6. The smallest absolute Gasteiger partial charge is 0.0541 e. The lowest BCUT2D eigenvalue weighted by atomic mass is 9.81. The molecule has 3 heteroatoms. The van der Waals surface area contributed by atoms with Crippen molar-refractivity contribution in [2.45, 2.75) is 32.7 Å². The molecule has 3 nitrogen and oxygen atoms in total. The number of nitrogens with two attached hydrogens (primary N) is 1. The maximum atomic E-state index is 7.02. The first-order valence-corrected chi connectivity index (χ1v) is 19.2.